The summed E-state index contributed by atoms with van der Waals surface area (Å²) in [5.74, 6) is -2.58. The van der Waals surface area contributed by atoms with Crippen LogP contribution in [0.5, 0.6) is 5.75 Å². The molecular formula is C9H4F6INO3. The van der Waals surface area contributed by atoms with Crippen molar-refractivity contribution in [2.24, 2.45) is 0 Å². The van der Waals surface area contributed by atoms with Crippen LogP contribution in [0, 0.1) is 3.57 Å². The van der Waals surface area contributed by atoms with Crippen molar-refractivity contribution in [2.45, 2.75) is 12.5 Å². The molecule has 0 aliphatic rings. The lowest BCUT2D eigenvalue weighted by molar-refractivity contribution is -0.275. The topological polar surface area (TPSA) is 48.4 Å². The molecule has 0 aromatic carbocycles. The van der Waals surface area contributed by atoms with Crippen molar-refractivity contribution < 1.29 is 40.6 Å². The molecule has 0 N–H and O–H groups in total. The third-order valence-electron chi connectivity index (χ3n) is 1.87. The summed E-state index contributed by atoms with van der Waals surface area (Å²) in [6, 6.07) is 0. The molecule has 0 bridgehead atoms. The fraction of sp³-hybridized carbons (Fsp3) is 0.333. The van der Waals surface area contributed by atoms with E-state index in [9.17, 15) is 31.1 Å². The third kappa shape index (κ3) is 3.86. The van der Waals surface area contributed by atoms with Crippen LogP contribution in [0.1, 0.15) is 16.1 Å². The molecule has 112 valence electrons. The minimum Gasteiger partial charge on any atom is -0.464 e. The van der Waals surface area contributed by atoms with Crippen LogP contribution in [0.2, 0.25) is 0 Å². The minimum absolute atomic E-state index is 0.372. The molecule has 0 fully saturated rings. The highest BCUT2D eigenvalue weighted by atomic mass is 127. The Labute approximate surface area is 121 Å². The summed E-state index contributed by atoms with van der Waals surface area (Å²) in [5, 5.41) is 0. The number of aromatic nitrogens is 1. The first-order chi connectivity index (χ1) is 8.97. The van der Waals surface area contributed by atoms with E-state index in [2.05, 4.69) is 14.5 Å². The van der Waals surface area contributed by atoms with Gasteiger partial charge in [-0.1, -0.05) is 0 Å². The van der Waals surface area contributed by atoms with Crippen molar-refractivity contribution in [2.75, 3.05) is 7.11 Å². The summed E-state index contributed by atoms with van der Waals surface area (Å²) in [5.41, 5.74) is -2.79. The molecule has 20 heavy (non-hydrogen) atoms. The van der Waals surface area contributed by atoms with Crippen molar-refractivity contribution in [3.63, 3.8) is 0 Å². The molecule has 1 rings (SSSR count). The molecular weight excluding hydrogens is 411 g/mol. The predicted molar refractivity (Wildman–Crippen MR) is 60.0 cm³/mol. The molecule has 4 nitrogen and oxygen atoms in total. The number of carbonyl (C=O) groups excluding carboxylic acids is 1. The van der Waals surface area contributed by atoms with Crippen LogP contribution >= 0.6 is 22.6 Å². The van der Waals surface area contributed by atoms with E-state index in [-0.39, 0.29) is 0 Å². The zero-order valence-corrected chi connectivity index (χ0v) is 11.6. The van der Waals surface area contributed by atoms with Crippen molar-refractivity contribution in [1.29, 1.82) is 0 Å². The SMILES string of the molecule is COC(=O)c1ncc(OC(F)(F)F)c(I)c1C(F)(F)F. The van der Waals surface area contributed by atoms with Crippen LogP contribution in [0.25, 0.3) is 0 Å². The molecule has 11 heteroatoms. The second-order valence-electron chi connectivity index (χ2n) is 3.20. The number of nitrogens with zero attached hydrogens (tertiary/aromatic N) is 1. The van der Waals surface area contributed by atoms with E-state index in [1.807, 2.05) is 0 Å². The molecule has 1 aromatic rings. The van der Waals surface area contributed by atoms with Crippen molar-refractivity contribution in [3.05, 3.63) is 21.0 Å². The average Bonchev–Trinajstić information content (AvgIpc) is 2.27. The van der Waals surface area contributed by atoms with E-state index >= 15 is 0 Å². The number of halogens is 7. The molecule has 1 heterocycles. The van der Waals surface area contributed by atoms with Gasteiger partial charge in [-0.3, -0.25) is 0 Å². The van der Waals surface area contributed by atoms with Gasteiger partial charge in [-0.15, -0.1) is 13.2 Å². The monoisotopic (exact) mass is 415 g/mol. The molecule has 0 saturated heterocycles. The summed E-state index contributed by atoms with van der Waals surface area (Å²) in [4.78, 5) is 14.2. The number of hydrogen-bond acceptors (Lipinski definition) is 4. The van der Waals surface area contributed by atoms with Gasteiger partial charge >= 0.3 is 18.5 Å². The number of carbonyl (C=O) groups is 1. The highest BCUT2D eigenvalue weighted by Gasteiger charge is 2.42. The normalized spacial score (nSPS) is 12.2. The zero-order valence-electron chi connectivity index (χ0n) is 9.40. The van der Waals surface area contributed by atoms with Crippen LogP contribution in [-0.2, 0) is 10.9 Å². The zero-order chi connectivity index (χ0) is 15.7. The summed E-state index contributed by atoms with van der Waals surface area (Å²) < 4.78 is 81.2. The largest absolute Gasteiger partial charge is 0.573 e. The fourth-order valence-corrected chi connectivity index (χ4v) is 1.99. The second-order valence-corrected chi connectivity index (χ2v) is 4.28. The van der Waals surface area contributed by atoms with Gasteiger partial charge in [0.25, 0.3) is 0 Å². The average molecular weight is 415 g/mol. The highest BCUT2D eigenvalue weighted by molar-refractivity contribution is 14.1. The Morgan fingerprint density at radius 2 is 1.80 bits per heavy atom. The maximum atomic E-state index is 12.8. The molecule has 1 aromatic heterocycles. The first-order valence-corrected chi connectivity index (χ1v) is 5.65. The van der Waals surface area contributed by atoms with Gasteiger partial charge in [0.05, 0.1) is 16.9 Å². The summed E-state index contributed by atoms with van der Waals surface area (Å²) in [6.07, 6.45) is -9.91. The molecule has 0 atom stereocenters. The van der Waals surface area contributed by atoms with Gasteiger partial charge in [-0.2, -0.15) is 13.2 Å². The van der Waals surface area contributed by atoms with Crippen molar-refractivity contribution in [1.82, 2.24) is 4.98 Å². The van der Waals surface area contributed by atoms with Crippen molar-refractivity contribution in [3.8, 4) is 5.75 Å². The molecule has 0 aliphatic carbocycles. The van der Waals surface area contributed by atoms with E-state index in [1.54, 1.807) is 0 Å². The number of pyridine rings is 1. The highest BCUT2D eigenvalue weighted by Crippen LogP contribution is 2.39. The van der Waals surface area contributed by atoms with Gasteiger partial charge in [0, 0.05) is 0 Å². The van der Waals surface area contributed by atoms with Gasteiger partial charge < -0.3 is 9.47 Å². The quantitative estimate of drug-likeness (QED) is 0.423. The maximum absolute atomic E-state index is 12.8. The van der Waals surface area contributed by atoms with Crippen LogP contribution < -0.4 is 4.74 Å². The van der Waals surface area contributed by atoms with Crippen LogP contribution in [0.4, 0.5) is 26.3 Å². The standard InChI is InChI=1S/C9H4F6INO3/c1-19-7(18)6-4(8(10,11)12)5(16)3(2-17-6)20-9(13,14)15/h2H,1H3. The first kappa shape index (κ1) is 16.8. The number of rotatable bonds is 2. The molecule has 0 radical (unpaired) electrons. The van der Waals surface area contributed by atoms with Crippen molar-refractivity contribution >= 4 is 28.6 Å². The lowest BCUT2D eigenvalue weighted by Crippen LogP contribution is -2.22. The Kier molecular flexibility index (Phi) is 4.71. The van der Waals surface area contributed by atoms with E-state index in [4.69, 9.17) is 0 Å². The number of esters is 1. The van der Waals surface area contributed by atoms with Crippen LogP contribution in [-0.4, -0.2) is 24.4 Å². The van der Waals surface area contributed by atoms with Gasteiger partial charge in [0.1, 0.15) is 5.56 Å². The van der Waals surface area contributed by atoms with Gasteiger partial charge in [0.15, 0.2) is 11.4 Å². The molecule has 0 aliphatic heterocycles. The number of hydrogen-bond donors (Lipinski definition) is 0. The number of alkyl halides is 6. The Morgan fingerprint density at radius 1 is 1.25 bits per heavy atom. The summed E-state index contributed by atoms with van der Waals surface area (Å²) in [7, 11) is 0.817. The van der Waals surface area contributed by atoms with Crippen LogP contribution in [0.15, 0.2) is 6.20 Å². The molecule has 0 spiro atoms. The van der Waals surface area contributed by atoms with E-state index < -0.39 is 39.1 Å². The Balaban J connectivity index is 3.48. The molecule has 0 saturated carbocycles. The third-order valence-corrected chi connectivity index (χ3v) is 2.94. The van der Waals surface area contributed by atoms with Gasteiger partial charge in [-0.25, -0.2) is 9.78 Å². The summed E-state index contributed by atoms with van der Waals surface area (Å²) in [6.45, 7) is 0. The van der Waals surface area contributed by atoms with E-state index in [0.29, 0.717) is 6.20 Å². The number of ether oxygens (including phenoxy) is 2. The number of methoxy groups -OCH3 is 1. The second kappa shape index (κ2) is 5.61. The van der Waals surface area contributed by atoms with Crippen LogP contribution in [0.3, 0.4) is 0 Å². The molecule has 0 unspecified atom stereocenters. The maximum Gasteiger partial charge on any atom is 0.573 e. The Bertz CT molecular complexity index is 528. The Hall–Kier alpha value is -1.27. The lowest BCUT2D eigenvalue weighted by atomic mass is 10.2. The Morgan fingerprint density at radius 3 is 2.20 bits per heavy atom. The molecule has 0 amide bonds. The minimum atomic E-state index is -5.18. The fourth-order valence-electron chi connectivity index (χ4n) is 1.18. The summed E-state index contributed by atoms with van der Waals surface area (Å²) >= 11 is 0.989. The van der Waals surface area contributed by atoms with E-state index in [0.717, 1.165) is 29.7 Å². The first-order valence-electron chi connectivity index (χ1n) is 4.57. The van der Waals surface area contributed by atoms with E-state index in [1.165, 1.54) is 0 Å². The predicted octanol–water partition coefficient (Wildman–Crippen LogP) is 3.39. The lowest BCUT2D eigenvalue weighted by Gasteiger charge is -2.16. The van der Waals surface area contributed by atoms with Gasteiger partial charge in [0.2, 0.25) is 0 Å². The smallest absolute Gasteiger partial charge is 0.464 e. The van der Waals surface area contributed by atoms with Gasteiger partial charge in [-0.05, 0) is 22.6 Å².